The molecule has 0 aliphatic heterocycles. The minimum Gasteiger partial charge on any atom is -0.394 e. The molecule has 7 atom stereocenters. The summed E-state index contributed by atoms with van der Waals surface area (Å²) in [6, 6.07) is 0. The Morgan fingerprint density at radius 2 is 1.92 bits per heavy atom. The molecule has 4 aliphatic rings. The van der Waals surface area contributed by atoms with Gasteiger partial charge >= 0.3 is 0 Å². The summed E-state index contributed by atoms with van der Waals surface area (Å²) in [5, 5.41) is 31.0. The smallest absolute Gasteiger partial charge is 0.155 e. The first-order valence-corrected chi connectivity index (χ1v) is 9.95. The second-order valence-corrected chi connectivity index (χ2v) is 9.56. The van der Waals surface area contributed by atoms with Gasteiger partial charge in [0, 0.05) is 24.2 Å². The van der Waals surface area contributed by atoms with Crippen LogP contribution in [0, 0.1) is 28.6 Å². The van der Waals surface area contributed by atoms with Gasteiger partial charge in [0.25, 0.3) is 0 Å². The van der Waals surface area contributed by atoms with Crippen LogP contribution < -0.4 is 0 Å². The zero-order valence-corrected chi connectivity index (χ0v) is 15.7. The molecule has 26 heavy (non-hydrogen) atoms. The van der Waals surface area contributed by atoms with E-state index in [0.717, 1.165) is 31.3 Å². The van der Waals surface area contributed by atoms with Crippen LogP contribution in [0.15, 0.2) is 11.6 Å². The van der Waals surface area contributed by atoms with Crippen molar-refractivity contribution in [3.05, 3.63) is 11.6 Å². The van der Waals surface area contributed by atoms with Crippen molar-refractivity contribution in [1.29, 1.82) is 0 Å². The van der Waals surface area contributed by atoms with E-state index in [4.69, 9.17) is 0 Å². The normalized spacial score (nSPS) is 49.1. The Bertz CT molecular complexity index is 684. The summed E-state index contributed by atoms with van der Waals surface area (Å²) in [6.45, 7) is 3.58. The molecule has 4 aliphatic carbocycles. The standard InChI is InChI=1S/C21H30O5/c1-19-7-5-13(23)9-12(19)3-4-14-15-6-8-21(26,17(25)11-22)20(15,2)10-16(24)18(14)19/h9,14-15,17-18,22,25-26H,3-8,10-11H2,1-2H3/t14-,15-,17+,18+,19-,20-,21-/m0/s1. The first-order valence-electron chi connectivity index (χ1n) is 9.95. The fourth-order valence-electron chi connectivity index (χ4n) is 7.12. The van der Waals surface area contributed by atoms with Crippen LogP contribution >= 0.6 is 0 Å². The second-order valence-electron chi connectivity index (χ2n) is 9.56. The highest BCUT2D eigenvalue weighted by molar-refractivity contribution is 5.93. The topological polar surface area (TPSA) is 94.8 Å². The molecule has 0 aromatic rings. The van der Waals surface area contributed by atoms with Gasteiger partial charge in [0.2, 0.25) is 0 Å². The molecule has 0 aromatic carbocycles. The van der Waals surface area contributed by atoms with Crippen LogP contribution in [-0.4, -0.2) is 45.2 Å². The van der Waals surface area contributed by atoms with E-state index in [1.165, 1.54) is 0 Å². The lowest BCUT2D eigenvalue weighted by atomic mass is 9.45. The molecule has 3 saturated carbocycles. The predicted octanol–water partition coefficient (Wildman–Crippen LogP) is 1.78. The third-order valence-corrected chi connectivity index (χ3v) is 8.59. The summed E-state index contributed by atoms with van der Waals surface area (Å²) < 4.78 is 0. The van der Waals surface area contributed by atoms with Gasteiger partial charge in [0.15, 0.2) is 5.78 Å². The Morgan fingerprint density at radius 1 is 1.19 bits per heavy atom. The molecule has 0 heterocycles. The molecule has 5 nitrogen and oxygen atoms in total. The highest BCUT2D eigenvalue weighted by atomic mass is 16.4. The summed E-state index contributed by atoms with van der Waals surface area (Å²) in [6.07, 6.45) is 4.93. The Kier molecular flexibility index (Phi) is 4.04. The zero-order chi connectivity index (χ0) is 18.9. The van der Waals surface area contributed by atoms with E-state index in [1.807, 2.05) is 6.92 Å². The number of carbonyl (C=O) groups excluding carboxylic acids is 2. The van der Waals surface area contributed by atoms with Crippen LogP contribution in [0.3, 0.4) is 0 Å². The van der Waals surface area contributed by atoms with Crippen molar-refractivity contribution in [3.8, 4) is 0 Å². The van der Waals surface area contributed by atoms with E-state index in [0.29, 0.717) is 12.8 Å². The van der Waals surface area contributed by atoms with Crippen molar-refractivity contribution in [3.63, 3.8) is 0 Å². The first kappa shape index (κ1) is 18.3. The minimum absolute atomic E-state index is 0.0951. The number of aliphatic hydroxyl groups excluding tert-OH is 2. The van der Waals surface area contributed by atoms with Crippen LogP contribution in [0.4, 0.5) is 0 Å². The Morgan fingerprint density at radius 3 is 2.62 bits per heavy atom. The number of allylic oxidation sites excluding steroid dienone is 1. The van der Waals surface area contributed by atoms with Crippen LogP contribution in [0.2, 0.25) is 0 Å². The lowest BCUT2D eigenvalue weighted by Gasteiger charge is -2.58. The Hall–Kier alpha value is -1.04. The van der Waals surface area contributed by atoms with Crippen LogP contribution in [0.25, 0.3) is 0 Å². The van der Waals surface area contributed by atoms with Gasteiger partial charge in [-0.15, -0.1) is 0 Å². The second kappa shape index (κ2) is 5.73. The average Bonchev–Trinajstić information content (AvgIpc) is 2.86. The Balaban J connectivity index is 1.74. The van der Waals surface area contributed by atoms with E-state index < -0.39 is 23.7 Å². The number of Topliss-reactive ketones (excluding diaryl/α,β-unsaturated/α-hetero) is 1. The number of rotatable bonds is 2. The molecule has 0 unspecified atom stereocenters. The number of carbonyl (C=O) groups is 2. The third-order valence-electron chi connectivity index (χ3n) is 8.59. The monoisotopic (exact) mass is 362 g/mol. The maximum Gasteiger partial charge on any atom is 0.155 e. The van der Waals surface area contributed by atoms with Crippen LogP contribution in [-0.2, 0) is 9.59 Å². The summed E-state index contributed by atoms with van der Waals surface area (Å²) in [7, 11) is 0. The van der Waals surface area contributed by atoms with Crippen molar-refractivity contribution in [2.75, 3.05) is 6.61 Å². The van der Waals surface area contributed by atoms with Gasteiger partial charge in [0.05, 0.1) is 12.2 Å². The average molecular weight is 362 g/mol. The van der Waals surface area contributed by atoms with Crippen molar-refractivity contribution < 1.29 is 24.9 Å². The quantitative estimate of drug-likeness (QED) is 0.696. The van der Waals surface area contributed by atoms with E-state index in [9.17, 15) is 24.9 Å². The van der Waals surface area contributed by atoms with Gasteiger partial charge in [-0.2, -0.15) is 0 Å². The van der Waals surface area contributed by atoms with Gasteiger partial charge in [-0.05, 0) is 55.4 Å². The lowest BCUT2D eigenvalue weighted by Crippen LogP contribution is -2.62. The van der Waals surface area contributed by atoms with Crippen molar-refractivity contribution in [2.24, 2.45) is 28.6 Å². The largest absolute Gasteiger partial charge is 0.394 e. The molecular formula is C21H30O5. The predicted molar refractivity (Wildman–Crippen MR) is 95.1 cm³/mol. The SMILES string of the molecule is C[C@]12CCC(=O)C=C1CC[C@@H]1[C@@H]2C(=O)C[C@@]2(C)[C@H]1CC[C@]2(O)[C@H](O)CO. The van der Waals surface area contributed by atoms with Gasteiger partial charge < -0.3 is 15.3 Å². The molecule has 0 aromatic heterocycles. The number of hydrogen-bond donors (Lipinski definition) is 3. The molecule has 0 spiro atoms. The number of hydrogen-bond acceptors (Lipinski definition) is 5. The molecule has 3 fully saturated rings. The summed E-state index contributed by atoms with van der Waals surface area (Å²) >= 11 is 0. The third kappa shape index (κ3) is 2.14. The first-order chi connectivity index (χ1) is 12.2. The fraction of sp³-hybridized carbons (Fsp3) is 0.810. The molecule has 3 N–H and O–H groups in total. The molecule has 0 saturated heterocycles. The maximum atomic E-state index is 13.3. The summed E-state index contributed by atoms with van der Waals surface area (Å²) in [4.78, 5) is 25.2. The maximum absolute atomic E-state index is 13.3. The van der Waals surface area contributed by atoms with Gasteiger partial charge in [0.1, 0.15) is 11.9 Å². The molecule has 0 bridgehead atoms. The molecule has 144 valence electrons. The summed E-state index contributed by atoms with van der Waals surface area (Å²) in [5.74, 6) is 0.568. The molecule has 0 amide bonds. The highest BCUT2D eigenvalue weighted by Crippen LogP contribution is 2.66. The van der Waals surface area contributed by atoms with Crippen LogP contribution in [0.5, 0.6) is 0 Å². The highest BCUT2D eigenvalue weighted by Gasteiger charge is 2.68. The number of fused-ring (bicyclic) bond motifs is 5. The zero-order valence-electron chi connectivity index (χ0n) is 15.7. The minimum atomic E-state index is -1.41. The molecule has 4 rings (SSSR count). The van der Waals surface area contributed by atoms with E-state index >= 15 is 0 Å². The lowest BCUT2D eigenvalue weighted by molar-refractivity contribution is -0.187. The fourth-order valence-corrected chi connectivity index (χ4v) is 7.12. The van der Waals surface area contributed by atoms with Crippen molar-refractivity contribution in [2.45, 2.75) is 70.5 Å². The molecule has 0 radical (unpaired) electrons. The number of aliphatic hydroxyl groups is 3. The van der Waals surface area contributed by atoms with Crippen molar-refractivity contribution >= 4 is 11.6 Å². The molecular weight excluding hydrogens is 332 g/mol. The molecule has 5 heteroatoms. The van der Waals surface area contributed by atoms with Crippen LogP contribution in [0.1, 0.15) is 58.8 Å². The van der Waals surface area contributed by atoms with Gasteiger partial charge in [-0.1, -0.05) is 19.4 Å². The Labute approximate surface area is 154 Å². The van der Waals surface area contributed by atoms with Gasteiger partial charge in [-0.25, -0.2) is 0 Å². The summed E-state index contributed by atoms with van der Waals surface area (Å²) in [5.41, 5.74) is -1.22. The number of ketones is 2. The van der Waals surface area contributed by atoms with Crippen molar-refractivity contribution in [1.82, 2.24) is 0 Å². The van der Waals surface area contributed by atoms with Gasteiger partial charge in [-0.3, -0.25) is 9.59 Å². The van der Waals surface area contributed by atoms with E-state index in [1.54, 1.807) is 6.08 Å². The van der Waals surface area contributed by atoms with E-state index in [2.05, 4.69) is 6.92 Å². The van der Waals surface area contributed by atoms with E-state index in [-0.39, 0.29) is 41.2 Å².